The molecule has 0 bridgehead atoms. The molecule has 0 saturated heterocycles. The molecule has 164 valence electrons. The fraction of sp³-hybridized carbons (Fsp3) is 0.261. The van der Waals surface area contributed by atoms with Gasteiger partial charge in [0.15, 0.2) is 0 Å². The second-order valence-corrected chi connectivity index (χ2v) is 8.33. The van der Waals surface area contributed by atoms with Gasteiger partial charge in [0.05, 0.1) is 10.7 Å². The summed E-state index contributed by atoms with van der Waals surface area (Å²) in [6.07, 6.45) is 8.20. The predicted molar refractivity (Wildman–Crippen MR) is 122 cm³/mol. The van der Waals surface area contributed by atoms with Crippen LogP contribution in [0.2, 0.25) is 5.02 Å². The number of oxazole rings is 1. The van der Waals surface area contributed by atoms with Gasteiger partial charge in [-0.1, -0.05) is 18.2 Å². The number of fused-ring (bicyclic) bond motifs is 1. The zero-order valence-electron chi connectivity index (χ0n) is 17.3. The van der Waals surface area contributed by atoms with E-state index in [9.17, 15) is 4.39 Å². The lowest BCUT2D eigenvalue weighted by Gasteiger charge is -2.37. The molecule has 4 aromatic rings. The van der Waals surface area contributed by atoms with Gasteiger partial charge in [-0.15, -0.1) is 0 Å². The highest BCUT2D eigenvalue weighted by Gasteiger charge is 2.32. The third kappa shape index (κ3) is 3.65. The van der Waals surface area contributed by atoms with E-state index in [1.54, 1.807) is 28.9 Å². The fourth-order valence-corrected chi connectivity index (χ4v) is 4.53. The molecule has 2 unspecified atom stereocenters. The van der Waals surface area contributed by atoms with Gasteiger partial charge < -0.3 is 15.5 Å². The summed E-state index contributed by atoms with van der Waals surface area (Å²) >= 11 is 6.33. The zero-order valence-corrected chi connectivity index (χ0v) is 18.0. The molecule has 0 aliphatic heterocycles. The maximum absolute atomic E-state index is 13.6. The first kappa shape index (κ1) is 20.7. The van der Waals surface area contributed by atoms with Crippen LogP contribution in [-0.4, -0.2) is 25.9 Å². The highest BCUT2D eigenvalue weighted by atomic mass is 35.5. The average molecular weight is 453 g/mol. The number of hydrogen-bond donors (Lipinski definition) is 2. The third-order valence-corrected chi connectivity index (χ3v) is 6.33. The monoisotopic (exact) mass is 452 g/mol. The van der Waals surface area contributed by atoms with E-state index >= 15 is 0 Å². The van der Waals surface area contributed by atoms with Gasteiger partial charge in [0, 0.05) is 29.6 Å². The minimum Gasteiger partial charge on any atom is -0.432 e. The van der Waals surface area contributed by atoms with Gasteiger partial charge in [0.25, 0.3) is 0 Å². The van der Waals surface area contributed by atoms with Gasteiger partial charge in [-0.2, -0.15) is 4.98 Å². The molecular weight excluding hydrogens is 431 g/mol. The Morgan fingerprint density at radius 2 is 2.19 bits per heavy atom. The van der Waals surface area contributed by atoms with Crippen LogP contribution in [0.5, 0.6) is 0 Å². The summed E-state index contributed by atoms with van der Waals surface area (Å²) < 4.78 is 20.9. The van der Waals surface area contributed by atoms with Crippen LogP contribution in [0.15, 0.2) is 59.6 Å². The first-order valence-electron chi connectivity index (χ1n) is 10.5. The molecule has 32 heavy (non-hydrogen) atoms. The molecule has 5 rings (SSSR count). The first-order chi connectivity index (χ1) is 15.5. The lowest BCUT2D eigenvalue weighted by atomic mass is 9.70. The predicted octanol–water partition coefficient (Wildman–Crippen LogP) is 5.14. The molecule has 1 aliphatic rings. The van der Waals surface area contributed by atoms with E-state index < -0.39 is 5.82 Å². The van der Waals surface area contributed by atoms with Gasteiger partial charge in [0.1, 0.15) is 23.5 Å². The van der Waals surface area contributed by atoms with Crippen LogP contribution < -0.4 is 11.1 Å². The van der Waals surface area contributed by atoms with Gasteiger partial charge in [0.2, 0.25) is 5.95 Å². The Hall–Kier alpha value is -3.23. The Bertz CT molecular complexity index is 1300. The molecule has 3 aromatic heterocycles. The van der Waals surface area contributed by atoms with Gasteiger partial charge >= 0.3 is 5.84 Å². The summed E-state index contributed by atoms with van der Waals surface area (Å²) in [6, 6.07) is 5.99. The van der Waals surface area contributed by atoms with Crippen LogP contribution in [0.3, 0.4) is 0 Å². The van der Waals surface area contributed by atoms with Gasteiger partial charge in [-0.25, -0.2) is 14.4 Å². The summed E-state index contributed by atoms with van der Waals surface area (Å²) in [5.41, 5.74) is 9.03. The summed E-state index contributed by atoms with van der Waals surface area (Å²) in [5, 5.41) is 3.52. The van der Waals surface area contributed by atoms with Crippen LogP contribution in [0, 0.1) is 17.7 Å². The lowest BCUT2D eigenvalue weighted by Crippen LogP contribution is -2.31. The molecule has 7 nitrogen and oxygen atoms in total. The number of imidazole rings is 1. The number of allylic oxidation sites excluding steroid dienone is 1. The Labute approximate surface area is 189 Å². The van der Waals surface area contributed by atoms with Crippen molar-refractivity contribution in [3.8, 4) is 22.6 Å². The lowest BCUT2D eigenvalue weighted by molar-refractivity contribution is 0.204. The minimum atomic E-state index is -0.417. The van der Waals surface area contributed by atoms with Gasteiger partial charge in [-0.05, 0) is 56.0 Å². The van der Waals surface area contributed by atoms with Crippen LogP contribution in [0.25, 0.3) is 28.5 Å². The van der Waals surface area contributed by atoms with Crippen LogP contribution in [0.1, 0.15) is 19.3 Å². The number of nitrogens with two attached hydrogens (primary N) is 1. The summed E-state index contributed by atoms with van der Waals surface area (Å²) in [6.45, 7) is 4.88. The maximum Gasteiger partial charge on any atom is 0.306 e. The second kappa shape index (κ2) is 8.37. The average Bonchev–Trinajstić information content (AvgIpc) is 3.32. The van der Waals surface area contributed by atoms with Crippen LogP contribution >= 0.6 is 11.6 Å². The molecular formula is C23H22ClFN6O. The number of rotatable bonds is 7. The highest BCUT2D eigenvalue weighted by molar-refractivity contribution is 6.33. The van der Waals surface area contributed by atoms with E-state index in [1.165, 1.54) is 24.8 Å². The van der Waals surface area contributed by atoms with Crippen molar-refractivity contribution in [1.82, 2.24) is 19.4 Å². The van der Waals surface area contributed by atoms with Crippen molar-refractivity contribution in [2.24, 2.45) is 17.6 Å². The summed E-state index contributed by atoms with van der Waals surface area (Å²) in [4.78, 5) is 13.6. The number of benzene rings is 1. The number of hydrogen-bond acceptors (Lipinski definition) is 6. The topological polar surface area (TPSA) is 94.3 Å². The van der Waals surface area contributed by atoms with Crippen molar-refractivity contribution >= 4 is 23.4 Å². The van der Waals surface area contributed by atoms with Crippen LogP contribution in [0.4, 0.5) is 10.3 Å². The highest BCUT2D eigenvalue weighted by Crippen LogP contribution is 2.41. The Kier molecular flexibility index (Phi) is 5.40. The van der Waals surface area contributed by atoms with Crippen molar-refractivity contribution in [3.63, 3.8) is 0 Å². The normalized spacial score (nSPS) is 18.0. The molecule has 0 amide bonds. The smallest absolute Gasteiger partial charge is 0.306 e. The van der Waals surface area contributed by atoms with E-state index in [4.69, 9.17) is 26.7 Å². The molecule has 1 fully saturated rings. The summed E-state index contributed by atoms with van der Waals surface area (Å²) in [7, 11) is 0. The Balaban J connectivity index is 1.51. The van der Waals surface area contributed by atoms with E-state index in [0.29, 0.717) is 52.8 Å². The molecule has 1 aromatic carbocycles. The molecule has 0 radical (unpaired) electrons. The fourth-order valence-electron chi connectivity index (χ4n) is 4.27. The van der Waals surface area contributed by atoms with Crippen molar-refractivity contribution < 1.29 is 8.81 Å². The molecule has 2 atom stereocenters. The molecule has 9 heteroatoms. The van der Waals surface area contributed by atoms with E-state index in [0.717, 1.165) is 18.5 Å². The Morgan fingerprint density at radius 3 is 2.94 bits per heavy atom. The van der Waals surface area contributed by atoms with E-state index in [-0.39, 0.29) is 5.02 Å². The number of anilines is 1. The van der Waals surface area contributed by atoms with Crippen molar-refractivity contribution in [3.05, 3.63) is 66.0 Å². The largest absolute Gasteiger partial charge is 0.432 e. The van der Waals surface area contributed by atoms with Crippen molar-refractivity contribution in [2.75, 3.05) is 11.9 Å². The van der Waals surface area contributed by atoms with Gasteiger partial charge in [-0.3, -0.25) is 4.40 Å². The second-order valence-electron chi connectivity index (χ2n) is 7.93. The molecule has 1 saturated carbocycles. The maximum atomic E-state index is 13.6. The number of nitrogens with zero attached hydrogens (tertiary/aromatic N) is 4. The molecule has 3 N–H and O–H groups in total. The summed E-state index contributed by atoms with van der Waals surface area (Å²) in [5.74, 6) is 1.33. The number of aromatic nitrogens is 4. The SMILES string of the molecule is C=C(Nc1nccc(-c2c(-c3ccc(F)cc3Cl)nc3occn23)n1)C1CCC1CCN. The quantitative estimate of drug-likeness (QED) is 0.403. The Morgan fingerprint density at radius 1 is 1.31 bits per heavy atom. The third-order valence-electron chi connectivity index (χ3n) is 6.02. The van der Waals surface area contributed by atoms with Crippen LogP contribution in [-0.2, 0) is 0 Å². The molecule has 1 aliphatic carbocycles. The zero-order chi connectivity index (χ0) is 22.2. The van der Waals surface area contributed by atoms with E-state index in [2.05, 4.69) is 21.9 Å². The first-order valence-corrected chi connectivity index (χ1v) is 10.8. The molecule has 0 spiro atoms. The number of halogens is 2. The number of nitrogens with one attached hydrogen (secondary N) is 1. The molecule has 3 heterocycles. The standard InChI is InChI=1S/C23H22ClFN6O/c1-13(16-4-2-14(16)6-8-26)28-22-27-9-7-19(29-22)21-20(30-23-31(21)10-11-32-23)17-5-3-15(25)12-18(17)24/h3,5,7,9-12,14,16H,1-2,4,6,8,26H2,(H,27,28,29). The minimum absolute atomic E-state index is 0.253. The van der Waals surface area contributed by atoms with Crippen molar-refractivity contribution in [2.45, 2.75) is 19.3 Å². The van der Waals surface area contributed by atoms with Crippen molar-refractivity contribution in [1.29, 1.82) is 0 Å². The van der Waals surface area contributed by atoms with E-state index in [1.807, 2.05) is 0 Å².